The van der Waals surface area contributed by atoms with Crippen molar-refractivity contribution in [1.82, 2.24) is 4.98 Å². The SMILES string of the molecule is O=[N+]([O-])c1cccnc1NCC1(c2ccccc2F)CC1. The number of hydrogen-bond acceptors (Lipinski definition) is 4. The van der Waals surface area contributed by atoms with E-state index in [9.17, 15) is 14.5 Å². The normalized spacial score (nSPS) is 15.5. The standard InChI is InChI=1S/C15H14FN3O2/c16-12-5-2-1-4-11(12)15(7-8-15)10-18-14-13(19(20)21)6-3-9-17-14/h1-6,9H,7-8,10H2,(H,17,18). The fraction of sp³-hybridized carbons (Fsp3) is 0.267. The number of nitrogens with zero attached hydrogens (tertiary/aromatic N) is 2. The van der Waals surface area contributed by atoms with Crippen molar-refractivity contribution in [3.8, 4) is 0 Å². The molecule has 21 heavy (non-hydrogen) atoms. The van der Waals surface area contributed by atoms with Crippen LogP contribution in [0.2, 0.25) is 0 Å². The van der Waals surface area contributed by atoms with E-state index in [1.165, 1.54) is 24.4 Å². The fourth-order valence-corrected chi connectivity index (χ4v) is 2.52. The topological polar surface area (TPSA) is 68.1 Å². The van der Waals surface area contributed by atoms with Gasteiger partial charge in [-0.1, -0.05) is 18.2 Å². The maximum absolute atomic E-state index is 13.9. The van der Waals surface area contributed by atoms with E-state index in [0.29, 0.717) is 12.1 Å². The summed E-state index contributed by atoms with van der Waals surface area (Å²) in [5, 5.41) is 14.0. The van der Waals surface area contributed by atoms with Crippen LogP contribution in [0.15, 0.2) is 42.6 Å². The molecule has 108 valence electrons. The Kier molecular flexibility index (Phi) is 3.29. The molecule has 0 saturated heterocycles. The third kappa shape index (κ3) is 2.56. The summed E-state index contributed by atoms with van der Waals surface area (Å²) in [5.41, 5.74) is 0.314. The molecule has 6 heteroatoms. The van der Waals surface area contributed by atoms with Gasteiger partial charge in [-0.15, -0.1) is 0 Å². The molecule has 0 radical (unpaired) electrons. The predicted molar refractivity (Wildman–Crippen MR) is 76.7 cm³/mol. The Hall–Kier alpha value is -2.50. The van der Waals surface area contributed by atoms with Crippen molar-refractivity contribution in [2.75, 3.05) is 11.9 Å². The van der Waals surface area contributed by atoms with Crippen LogP contribution >= 0.6 is 0 Å². The van der Waals surface area contributed by atoms with Crippen molar-refractivity contribution >= 4 is 11.5 Å². The molecule has 1 N–H and O–H groups in total. The molecule has 1 aromatic heterocycles. The highest BCUT2D eigenvalue weighted by molar-refractivity contribution is 5.56. The van der Waals surface area contributed by atoms with Crippen LogP contribution in [0.3, 0.4) is 0 Å². The molecule has 0 bridgehead atoms. The van der Waals surface area contributed by atoms with E-state index in [4.69, 9.17) is 0 Å². The van der Waals surface area contributed by atoms with E-state index in [1.54, 1.807) is 12.1 Å². The highest BCUT2D eigenvalue weighted by Gasteiger charge is 2.46. The minimum Gasteiger partial charge on any atom is -0.363 e. The van der Waals surface area contributed by atoms with Crippen molar-refractivity contribution in [3.05, 3.63) is 64.1 Å². The van der Waals surface area contributed by atoms with E-state index >= 15 is 0 Å². The highest BCUT2D eigenvalue weighted by atomic mass is 19.1. The largest absolute Gasteiger partial charge is 0.363 e. The number of nitro groups is 1. The third-order valence-corrected chi connectivity index (χ3v) is 3.88. The Morgan fingerprint density at radius 2 is 2.05 bits per heavy atom. The molecule has 1 fully saturated rings. The Labute approximate surface area is 121 Å². The van der Waals surface area contributed by atoms with Crippen LogP contribution in [0.1, 0.15) is 18.4 Å². The summed E-state index contributed by atoms with van der Waals surface area (Å²) >= 11 is 0. The average Bonchev–Trinajstić information content (AvgIpc) is 3.27. The third-order valence-electron chi connectivity index (χ3n) is 3.88. The Bertz CT molecular complexity index is 686. The second-order valence-corrected chi connectivity index (χ2v) is 5.24. The molecule has 2 aromatic rings. The minimum atomic E-state index is -0.474. The lowest BCUT2D eigenvalue weighted by atomic mass is 9.95. The first kappa shape index (κ1) is 13.5. The Morgan fingerprint density at radius 3 is 2.71 bits per heavy atom. The lowest BCUT2D eigenvalue weighted by Gasteiger charge is -2.17. The van der Waals surface area contributed by atoms with E-state index in [-0.39, 0.29) is 22.7 Å². The van der Waals surface area contributed by atoms with Gasteiger partial charge in [0, 0.05) is 24.2 Å². The first-order chi connectivity index (χ1) is 10.1. The molecule has 1 aliphatic rings. The van der Waals surface area contributed by atoms with E-state index in [2.05, 4.69) is 10.3 Å². The summed E-state index contributed by atoms with van der Waals surface area (Å²) < 4.78 is 13.9. The van der Waals surface area contributed by atoms with Gasteiger partial charge >= 0.3 is 5.69 Å². The minimum absolute atomic E-state index is 0.0677. The zero-order valence-corrected chi connectivity index (χ0v) is 11.3. The van der Waals surface area contributed by atoms with Gasteiger partial charge in [-0.2, -0.15) is 0 Å². The van der Waals surface area contributed by atoms with Crippen LogP contribution in [0.4, 0.5) is 15.9 Å². The Balaban J connectivity index is 1.80. The van der Waals surface area contributed by atoms with Gasteiger partial charge in [0.05, 0.1) is 4.92 Å². The molecular formula is C15H14FN3O2. The Morgan fingerprint density at radius 1 is 1.29 bits per heavy atom. The monoisotopic (exact) mass is 287 g/mol. The van der Waals surface area contributed by atoms with Crippen molar-refractivity contribution in [1.29, 1.82) is 0 Å². The zero-order chi connectivity index (χ0) is 14.9. The van der Waals surface area contributed by atoms with Crippen molar-refractivity contribution in [2.24, 2.45) is 0 Å². The summed E-state index contributed by atoms with van der Waals surface area (Å²) in [5.74, 6) is -0.00238. The first-order valence-electron chi connectivity index (χ1n) is 6.71. The lowest BCUT2D eigenvalue weighted by molar-refractivity contribution is -0.384. The maximum atomic E-state index is 13.9. The van der Waals surface area contributed by atoms with Gasteiger partial charge in [-0.3, -0.25) is 10.1 Å². The van der Waals surface area contributed by atoms with Crippen molar-refractivity contribution in [2.45, 2.75) is 18.3 Å². The van der Waals surface area contributed by atoms with Gasteiger partial charge in [0.1, 0.15) is 5.82 Å². The molecule has 0 spiro atoms. The molecule has 3 rings (SSSR count). The molecule has 0 aliphatic heterocycles. The number of halogens is 1. The molecule has 1 heterocycles. The van der Waals surface area contributed by atoms with Gasteiger partial charge in [-0.05, 0) is 30.5 Å². The van der Waals surface area contributed by atoms with Gasteiger partial charge < -0.3 is 5.32 Å². The smallest absolute Gasteiger partial charge is 0.311 e. The second kappa shape index (κ2) is 5.12. The van der Waals surface area contributed by atoms with Crippen LogP contribution in [0.5, 0.6) is 0 Å². The molecule has 1 aliphatic carbocycles. The maximum Gasteiger partial charge on any atom is 0.311 e. The number of benzene rings is 1. The molecule has 1 aromatic carbocycles. The van der Waals surface area contributed by atoms with Gasteiger partial charge in [0.2, 0.25) is 5.82 Å². The molecular weight excluding hydrogens is 273 g/mol. The van der Waals surface area contributed by atoms with Gasteiger partial charge in [0.25, 0.3) is 0 Å². The number of pyridine rings is 1. The first-order valence-corrected chi connectivity index (χ1v) is 6.71. The molecule has 0 unspecified atom stereocenters. The highest BCUT2D eigenvalue weighted by Crippen LogP contribution is 2.49. The van der Waals surface area contributed by atoms with Crippen LogP contribution in [0, 0.1) is 15.9 Å². The second-order valence-electron chi connectivity index (χ2n) is 5.24. The van der Waals surface area contributed by atoms with E-state index < -0.39 is 4.92 Å². The zero-order valence-electron chi connectivity index (χ0n) is 11.3. The van der Waals surface area contributed by atoms with Gasteiger partial charge in [0.15, 0.2) is 0 Å². The molecule has 0 amide bonds. The predicted octanol–water partition coefficient (Wildman–Crippen LogP) is 3.27. The summed E-state index contributed by atoms with van der Waals surface area (Å²) in [6, 6.07) is 9.61. The lowest BCUT2D eigenvalue weighted by Crippen LogP contribution is -2.21. The molecule has 1 saturated carbocycles. The van der Waals surface area contributed by atoms with Crippen LogP contribution in [0.25, 0.3) is 0 Å². The van der Waals surface area contributed by atoms with Crippen LogP contribution < -0.4 is 5.32 Å². The van der Waals surface area contributed by atoms with Crippen LogP contribution in [-0.2, 0) is 5.41 Å². The molecule has 0 atom stereocenters. The summed E-state index contributed by atoms with van der Waals surface area (Å²) in [6.45, 7) is 0.436. The van der Waals surface area contributed by atoms with Crippen molar-refractivity contribution < 1.29 is 9.31 Å². The quantitative estimate of drug-likeness (QED) is 0.677. The van der Waals surface area contributed by atoms with Crippen LogP contribution in [-0.4, -0.2) is 16.5 Å². The number of rotatable bonds is 5. The molecule has 5 nitrogen and oxygen atoms in total. The average molecular weight is 287 g/mol. The summed E-state index contributed by atoms with van der Waals surface area (Å²) in [7, 11) is 0. The number of aromatic nitrogens is 1. The van der Waals surface area contributed by atoms with Gasteiger partial charge in [-0.25, -0.2) is 9.37 Å². The summed E-state index contributed by atoms with van der Waals surface area (Å²) in [4.78, 5) is 14.5. The summed E-state index contributed by atoms with van der Waals surface area (Å²) in [6.07, 6.45) is 3.22. The number of hydrogen-bond donors (Lipinski definition) is 1. The van der Waals surface area contributed by atoms with E-state index in [0.717, 1.165) is 12.8 Å². The fourth-order valence-electron chi connectivity index (χ4n) is 2.52. The number of anilines is 1. The number of nitrogens with one attached hydrogen (secondary N) is 1. The van der Waals surface area contributed by atoms with E-state index in [1.807, 2.05) is 6.07 Å². The van der Waals surface area contributed by atoms with Crippen molar-refractivity contribution in [3.63, 3.8) is 0 Å².